The van der Waals surface area contributed by atoms with E-state index in [1.165, 1.54) is 6.20 Å². The van der Waals surface area contributed by atoms with Gasteiger partial charge in [-0.25, -0.2) is 4.98 Å². The lowest BCUT2D eigenvalue weighted by atomic mass is 9.99. The molecule has 4 aromatic rings. The molecule has 0 aliphatic carbocycles. The molecule has 1 N–H and O–H groups in total. The van der Waals surface area contributed by atoms with Crippen LogP contribution in [0.25, 0.3) is 22.4 Å². The number of carbonyl (C=O) groups is 1. The Labute approximate surface area is 259 Å². The molecular weight excluding hydrogens is 554 g/mol. The zero-order valence-electron chi connectivity index (χ0n) is 26.0. The van der Waals surface area contributed by atoms with Gasteiger partial charge in [0.05, 0.1) is 43.9 Å². The second-order valence-electron chi connectivity index (χ2n) is 11.7. The number of hydrogen-bond donors (Lipinski definition) is 1. The van der Waals surface area contributed by atoms with Gasteiger partial charge in [-0.15, -0.1) is 0 Å². The number of carbonyl (C=O) groups excluding carboxylic acids is 1. The summed E-state index contributed by atoms with van der Waals surface area (Å²) in [5.74, 6) is 2.93. The number of nitrogens with zero attached hydrogens (tertiary/aromatic N) is 4. The van der Waals surface area contributed by atoms with Gasteiger partial charge in [0.25, 0.3) is 5.91 Å². The quantitative estimate of drug-likeness (QED) is 0.212. The Morgan fingerprint density at radius 2 is 1.66 bits per heavy atom. The van der Waals surface area contributed by atoms with Gasteiger partial charge >= 0.3 is 0 Å². The number of para-hydroxylation sites is 1. The van der Waals surface area contributed by atoms with Crippen molar-refractivity contribution in [2.24, 2.45) is 11.8 Å². The van der Waals surface area contributed by atoms with E-state index in [0.29, 0.717) is 61.8 Å². The highest BCUT2D eigenvalue weighted by Gasteiger charge is 2.19. The number of amides is 1. The smallest absolute Gasteiger partial charge is 0.253 e. The van der Waals surface area contributed by atoms with Gasteiger partial charge in [0.15, 0.2) is 0 Å². The van der Waals surface area contributed by atoms with Crippen molar-refractivity contribution in [3.8, 4) is 33.9 Å². The van der Waals surface area contributed by atoms with E-state index in [0.717, 1.165) is 46.9 Å². The molecule has 0 saturated carbocycles. The van der Waals surface area contributed by atoms with Crippen molar-refractivity contribution in [3.63, 3.8) is 0 Å². The van der Waals surface area contributed by atoms with E-state index in [1.807, 2.05) is 54.6 Å². The summed E-state index contributed by atoms with van der Waals surface area (Å²) in [5.41, 5.74) is 4.62. The minimum absolute atomic E-state index is 0.240. The molecular formula is C35H41N5O4. The first-order valence-electron chi connectivity index (χ1n) is 15.3. The summed E-state index contributed by atoms with van der Waals surface area (Å²) in [6.07, 6.45) is 3.26. The standard InChI is InChI=1S/C35H41N5O4/c1-24(2)22-43-29-12-10-26(11-13-29)30-8-5-9-31(33(30)44-23-25(3)4)32-19-28(21-38-39-32)35(41)37-20-27-7-6-14-36-34(27)40-15-17-42-18-16-40/h5-14,19,21,24-25H,15-18,20,22-23H2,1-4H3,(H,37,41). The summed E-state index contributed by atoms with van der Waals surface area (Å²) in [6, 6.07) is 19.6. The highest BCUT2D eigenvalue weighted by Crippen LogP contribution is 2.39. The average molecular weight is 596 g/mol. The number of benzene rings is 2. The lowest BCUT2D eigenvalue weighted by molar-refractivity contribution is 0.0950. The van der Waals surface area contributed by atoms with Crippen LogP contribution in [-0.4, -0.2) is 60.6 Å². The number of nitrogens with one attached hydrogen (secondary N) is 1. The summed E-state index contributed by atoms with van der Waals surface area (Å²) < 4.78 is 17.8. The number of aromatic nitrogens is 3. The molecule has 3 heterocycles. The lowest BCUT2D eigenvalue weighted by Crippen LogP contribution is -2.37. The van der Waals surface area contributed by atoms with E-state index >= 15 is 0 Å². The molecule has 2 aromatic heterocycles. The van der Waals surface area contributed by atoms with Crippen LogP contribution < -0.4 is 19.7 Å². The molecule has 1 aliphatic rings. The fourth-order valence-corrected chi connectivity index (χ4v) is 4.89. The Kier molecular flexibility index (Phi) is 10.4. The van der Waals surface area contributed by atoms with E-state index < -0.39 is 0 Å². The van der Waals surface area contributed by atoms with Crippen LogP contribution in [0.3, 0.4) is 0 Å². The molecule has 0 atom stereocenters. The Morgan fingerprint density at radius 3 is 2.41 bits per heavy atom. The molecule has 9 heteroatoms. The topological polar surface area (TPSA) is 98.7 Å². The van der Waals surface area contributed by atoms with E-state index in [1.54, 1.807) is 12.3 Å². The first-order valence-corrected chi connectivity index (χ1v) is 15.3. The normalized spacial score (nSPS) is 13.3. The highest BCUT2D eigenvalue weighted by atomic mass is 16.5. The summed E-state index contributed by atoms with van der Waals surface area (Å²) in [7, 11) is 0. The van der Waals surface area contributed by atoms with Crippen LogP contribution in [0.1, 0.15) is 43.6 Å². The van der Waals surface area contributed by atoms with Crippen molar-refractivity contribution in [1.82, 2.24) is 20.5 Å². The zero-order chi connectivity index (χ0) is 30.9. The van der Waals surface area contributed by atoms with Crippen LogP contribution in [0.5, 0.6) is 11.5 Å². The van der Waals surface area contributed by atoms with Crippen molar-refractivity contribution >= 4 is 11.7 Å². The Bertz CT molecular complexity index is 1530. The molecule has 9 nitrogen and oxygen atoms in total. The fraction of sp³-hybridized carbons (Fsp3) is 0.371. The molecule has 1 fully saturated rings. The van der Waals surface area contributed by atoms with Gasteiger partial charge in [-0.1, -0.05) is 58.0 Å². The van der Waals surface area contributed by atoms with E-state index in [-0.39, 0.29) is 5.91 Å². The minimum Gasteiger partial charge on any atom is -0.493 e. The van der Waals surface area contributed by atoms with Crippen molar-refractivity contribution in [3.05, 3.63) is 84.2 Å². The van der Waals surface area contributed by atoms with Crippen LogP contribution in [0.2, 0.25) is 0 Å². The molecule has 1 saturated heterocycles. The second kappa shape index (κ2) is 14.8. The minimum atomic E-state index is -0.240. The predicted octanol–water partition coefficient (Wildman–Crippen LogP) is 6.04. The lowest BCUT2D eigenvalue weighted by Gasteiger charge is -2.29. The van der Waals surface area contributed by atoms with Gasteiger partial charge in [-0.3, -0.25) is 4.79 Å². The zero-order valence-corrected chi connectivity index (χ0v) is 26.0. The maximum Gasteiger partial charge on any atom is 0.253 e. The Hall–Kier alpha value is -4.50. The van der Waals surface area contributed by atoms with Gasteiger partial charge < -0.3 is 24.4 Å². The maximum absolute atomic E-state index is 13.3. The molecule has 0 spiro atoms. The van der Waals surface area contributed by atoms with Gasteiger partial charge in [-0.05, 0) is 47.7 Å². The summed E-state index contributed by atoms with van der Waals surface area (Å²) in [6.45, 7) is 12.9. The van der Waals surface area contributed by atoms with E-state index in [2.05, 4.69) is 53.1 Å². The third kappa shape index (κ3) is 7.90. The Balaban J connectivity index is 1.38. The van der Waals surface area contributed by atoms with Gasteiger partial charge in [0.1, 0.15) is 17.3 Å². The van der Waals surface area contributed by atoms with Crippen molar-refractivity contribution in [2.75, 3.05) is 44.4 Å². The van der Waals surface area contributed by atoms with Gasteiger partial charge in [-0.2, -0.15) is 10.2 Å². The summed E-state index contributed by atoms with van der Waals surface area (Å²) >= 11 is 0. The number of hydrogen-bond acceptors (Lipinski definition) is 8. The van der Waals surface area contributed by atoms with Gasteiger partial charge in [0, 0.05) is 42.5 Å². The number of morpholine rings is 1. The van der Waals surface area contributed by atoms with E-state index in [4.69, 9.17) is 14.2 Å². The number of anilines is 1. The van der Waals surface area contributed by atoms with Crippen LogP contribution >= 0.6 is 0 Å². The molecule has 5 rings (SSSR count). The first-order chi connectivity index (χ1) is 21.4. The van der Waals surface area contributed by atoms with Crippen molar-refractivity contribution in [2.45, 2.75) is 34.2 Å². The van der Waals surface area contributed by atoms with Crippen LogP contribution in [0, 0.1) is 11.8 Å². The number of pyridine rings is 1. The molecule has 2 aromatic carbocycles. The molecule has 230 valence electrons. The van der Waals surface area contributed by atoms with E-state index in [9.17, 15) is 4.79 Å². The fourth-order valence-electron chi connectivity index (χ4n) is 4.89. The Morgan fingerprint density at radius 1 is 0.932 bits per heavy atom. The molecule has 1 amide bonds. The third-order valence-electron chi connectivity index (χ3n) is 7.13. The summed E-state index contributed by atoms with van der Waals surface area (Å²) in [4.78, 5) is 20.1. The predicted molar refractivity (Wildman–Crippen MR) is 172 cm³/mol. The molecule has 44 heavy (non-hydrogen) atoms. The molecule has 0 radical (unpaired) electrons. The molecule has 0 bridgehead atoms. The highest BCUT2D eigenvalue weighted by molar-refractivity contribution is 5.95. The van der Waals surface area contributed by atoms with Crippen LogP contribution in [0.4, 0.5) is 5.82 Å². The monoisotopic (exact) mass is 595 g/mol. The van der Waals surface area contributed by atoms with Crippen LogP contribution in [0.15, 0.2) is 73.1 Å². The maximum atomic E-state index is 13.3. The SMILES string of the molecule is CC(C)COc1ccc(-c2cccc(-c3cc(C(=O)NCc4cccnc4N4CCOCC4)cnn3)c2OCC(C)C)cc1. The van der Waals surface area contributed by atoms with Crippen molar-refractivity contribution in [1.29, 1.82) is 0 Å². The molecule has 1 aliphatic heterocycles. The van der Waals surface area contributed by atoms with Crippen molar-refractivity contribution < 1.29 is 19.0 Å². The third-order valence-corrected chi connectivity index (χ3v) is 7.13. The summed E-state index contributed by atoms with van der Waals surface area (Å²) in [5, 5.41) is 11.6. The second-order valence-corrected chi connectivity index (χ2v) is 11.7. The average Bonchev–Trinajstić information content (AvgIpc) is 3.06. The first kappa shape index (κ1) is 30.9. The van der Waals surface area contributed by atoms with Crippen LogP contribution in [-0.2, 0) is 11.3 Å². The van der Waals surface area contributed by atoms with Gasteiger partial charge in [0.2, 0.25) is 0 Å². The largest absolute Gasteiger partial charge is 0.493 e. The number of ether oxygens (including phenoxy) is 3. The number of rotatable bonds is 12. The molecule has 0 unspecified atom stereocenters.